The lowest BCUT2D eigenvalue weighted by Gasteiger charge is -2.05. The summed E-state index contributed by atoms with van der Waals surface area (Å²) in [6.45, 7) is 1.16. The van der Waals surface area contributed by atoms with Gasteiger partial charge in [-0.3, -0.25) is 4.79 Å². The molecule has 2 aromatic rings. The van der Waals surface area contributed by atoms with Crippen LogP contribution in [0, 0.1) is 0 Å². The fraction of sp³-hybridized carbons (Fsp3) is 0.200. The molecular formula is C10H7F3N2O2. The van der Waals surface area contributed by atoms with Gasteiger partial charge in [-0.15, -0.1) is 0 Å². The molecule has 90 valence electrons. The minimum atomic E-state index is -4.48. The maximum atomic E-state index is 12.4. The van der Waals surface area contributed by atoms with Gasteiger partial charge >= 0.3 is 11.9 Å². The van der Waals surface area contributed by atoms with Crippen molar-refractivity contribution >= 4 is 16.9 Å². The molecule has 0 atom stereocenters. The standard InChI is InChI=1S/C10H7F3N2O2/c1-5(16)15-8-3-2-6(10(11,12)13)4-7(8)14-9(15)17/h2-4H,1H3,(H,14,17). The Bertz CT molecular complexity index is 652. The van der Waals surface area contributed by atoms with Crippen molar-refractivity contribution in [2.24, 2.45) is 0 Å². The highest BCUT2D eigenvalue weighted by atomic mass is 19.4. The Labute approximate surface area is 92.7 Å². The molecule has 0 aliphatic carbocycles. The average Bonchev–Trinajstić information content (AvgIpc) is 2.50. The Morgan fingerprint density at radius 2 is 2.00 bits per heavy atom. The van der Waals surface area contributed by atoms with Gasteiger partial charge in [-0.2, -0.15) is 13.2 Å². The van der Waals surface area contributed by atoms with Crippen LogP contribution in [-0.4, -0.2) is 15.5 Å². The van der Waals surface area contributed by atoms with E-state index in [2.05, 4.69) is 4.98 Å². The van der Waals surface area contributed by atoms with Crippen LogP contribution in [-0.2, 0) is 6.18 Å². The zero-order chi connectivity index (χ0) is 12.8. The molecule has 1 aromatic carbocycles. The number of benzene rings is 1. The number of alkyl halides is 3. The van der Waals surface area contributed by atoms with Crippen LogP contribution in [0.15, 0.2) is 23.0 Å². The molecule has 0 spiro atoms. The highest BCUT2D eigenvalue weighted by Gasteiger charge is 2.31. The number of nitrogens with zero attached hydrogens (tertiary/aromatic N) is 1. The second-order valence-electron chi connectivity index (χ2n) is 3.51. The van der Waals surface area contributed by atoms with E-state index in [1.54, 1.807) is 0 Å². The van der Waals surface area contributed by atoms with Crippen LogP contribution in [0.2, 0.25) is 0 Å². The summed E-state index contributed by atoms with van der Waals surface area (Å²) in [6.07, 6.45) is -4.48. The van der Waals surface area contributed by atoms with Crippen LogP contribution < -0.4 is 5.69 Å². The summed E-state index contributed by atoms with van der Waals surface area (Å²) in [7, 11) is 0. The van der Waals surface area contributed by atoms with E-state index < -0.39 is 23.3 Å². The van der Waals surface area contributed by atoms with E-state index in [1.165, 1.54) is 0 Å². The fourth-order valence-electron chi connectivity index (χ4n) is 1.60. The normalized spacial score (nSPS) is 12.0. The van der Waals surface area contributed by atoms with E-state index in [0.29, 0.717) is 0 Å². The Morgan fingerprint density at radius 1 is 1.35 bits per heavy atom. The van der Waals surface area contributed by atoms with E-state index in [4.69, 9.17) is 0 Å². The molecule has 7 heteroatoms. The second-order valence-corrected chi connectivity index (χ2v) is 3.51. The zero-order valence-corrected chi connectivity index (χ0v) is 8.63. The van der Waals surface area contributed by atoms with Gasteiger partial charge in [0.25, 0.3) is 0 Å². The predicted molar refractivity (Wildman–Crippen MR) is 53.9 cm³/mol. The maximum Gasteiger partial charge on any atom is 0.416 e. The third kappa shape index (κ3) is 1.83. The van der Waals surface area contributed by atoms with Crippen molar-refractivity contribution in [2.75, 3.05) is 0 Å². The van der Waals surface area contributed by atoms with Crippen LogP contribution >= 0.6 is 0 Å². The minimum Gasteiger partial charge on any atom is -0.305 e. The van der Waals surface area contributed by atoms with Crippen LogP contribution in [0.5, 0.6) is 0 Å². The molecule has 0 amide bonds. The first-order valence-corrected chi connectivity index (χ1v) is 4.63. The third-order valence-corrected chi connectivity index (χ3v) is 2.32. The molecule has 0 aliphatic heterocycles. The van der Waals surface area contributed by atoms with Crippen molar-refractivity contribution in [2.45, 2.75) is 13.1 Å². The number of hydrogen-bond donors (Lipinski definition) is 1. The van der Waals surface area contributed by atoms with Crippen molar-refractivity contribution in [3.05, 3.63) is 34.2 Å². The highest BCUT2D eigenvalue weighted by Crippen LogP contribution is 2.30. The number of H-pyrrole nitrogens is 1. The molecule has 0 radical (unpaired) electrons. The van der Waals surface area contributed by atoms with Gasteiger partial charge in [0, 0.05) is 6.92 Å². The molecule has 17 heavy (non-hydrogen) atoms. The zero-order valence-electron chi connectivity index (χ0n) is 8.63. The summed E-state index contributed by atoms with van der Waals surface area (Å²) in [5.74, 6) is -0.555. The number of halogens is 3. The van der Waals surface area contributed by atoms with E-state index >= 15 is 0 Å². The minimum absolute atomic E-state index is 0.0139. The maximum absolute atomic E-state index is 12.4. The number of nitrogens with one attached hydrogen (secondary N) is 1. The lowest BCUT2D eigenvalue weighted by Crippen LogP contribution is -2.21. The first kappa shape index (κ1) is 11.4. The van der Waals surface area contributed by atoms with E-state index in [9.17, 15) is 22.8 Å². The third-order valence-electron chi connectivity index (χ3n) is 2.32. The van der Waals surface area contributed by atoms with Crippen molar-refractivity contribution in [3.63, 3.8) is 0 Å². The smallest absolute Gasteiger partial charge is 0.305 e. The average molecular weight is 244 g/mol. The molecule has 0 fully saturated rings. The van der Waals surface area contributed by atoms with Crippen molar-refractivity contribution in [1.29, 1.82) is 0 Å². The van der Waals surface area contributed by atoms with Gasteiger partial charge in [0.2, 0.25) is 5.91 Å². The Morgan fingerprint density at radius 3 is 2.53 bits per heavy atom. The summed E-state index contributed by atoms with van der Waals surface area (Å²) >= 11 is 0. The van der Waals surface area contributed by atoms with E-state index in [0.717, 1.165) is 29.7 Å². The number of aromatic nitrogens is 2. The summed E-state index contributed by atoms with van der Waals surface area (Å²) in [4.78, 5) is 24.7. The largest absolute Gasteiger partial charge is 0.416 e. The van der Waals surface area contributed by atoms with Gasteiger partial charge in [-0.05, 0) is 18.2 Å². The molecule has 1 heterocycles. The van der Waals surface area contributed by atoms with Gasteiger partial charge in [0.1, 0.15) is 0 Å². The molecule has 0 saturated heterocycles. The van der Waals surface area contributed by atoms with Gasteiger partial charge < -0.3 is 4.98 Å². The summed E-state index contributed by atoms with van der Waals surface area (Å²) < 4.78 is 38.0. The molecule has 2 rings (SSSR count). The lowest BCUT2D eigenvalue weighted by molar-refractivity contribution is -0.137. The van der Waals surface area contributed by atoms with Crippen molar-refractivity contribution < 1.29 is 18.0 Å². The molecule has 1 N–H and O–H groups in total. The fourth-order valence-corrected chi connectivity index (χ4v) is 1.60. The number of carbonyl (C=O) groups excluding carboxylic acids is 1. The summed E-state index contributed by atoms with van der Waals surface area (Å²) in [5, 5.41) is 0. The molecule has 0 saturated carbocycles. The SMILES string of the molecule is CC(=O)n1c(=O)[nH]c2cc(C(F)(F)F)ccc21. The Hall–Kier alpha value is -2.05. The molecule has 1 aromatic heterocycles. The number of aromatic amines is 1. The van der Waals surface area contributed by atoms with E-state index in [-0.39, 0.29) is 11.0 Å². The molecular weight excluding hydrogens is 237 g/mol. The highest BCUT2D eigenvalue weighted by molar-refractivity contribution is 5.89. The van der Waals surface area contributed by atoms with Crippen LogP contribution in [0.25, 0.3) is 11.0 Å². The Balaban J connectivity index is 2.75. The Kier molecular flexibility index (Phi) is 2.34. The van der Waals surface area contributed by atoms with E-state index in [1.807, 2.05) is 0 Å². The van der Waals surface area contributed by atoms with Crippen molar-refractivity contribution in [1.82, 2.24) is 9.55 Å². The van der Waals surface area contributed by atoms with Gasteiger partial charge in [-0.1, -0.05) is 0 Å². The lowest BCUT2D eigenvalue weighted by atomic mass is 10.2. The molecule has 4 nitrogen and oxygen atoms in total. The molecule has 0 aliphatic rings. The molecule has 0 unspecified atom stereocenters. The van der Waals surface area contributed by atoms with Gasteiger partial charge in [0.15, 0.2) is 0 Å². The second kappa shape index (κ2) is 3.47. The van der Waals surface area contributed by atoms with Crippen LogP contribution in [0.3, 0.4) is 0 Å². The first-order valence-electron chi connectivity index (χ1n) is 4.63. The van der Waals surface area contributed by atoms with Crippen LogP contribution in [0.1, 0.15) is 17.3 Å². The quantitative estimate of drug-likeness (QED) is 0.770. The predicted octanol–water partition coefficient (Wildman–Crippen LogP) is 2.01. The monoisotopic (exact) mass is 244 g/mol. The van der Waals surface area contributed by atoms with Gasteiger partial charge in [-0.25, -0.2) is 9.36 Å². The van der Waals surface area contributed by atoms with Gasteiger partial charge in [0.05, 0.1) is 16.6 Å². The number of hydrogen-bond acceptors (Lipinski definition) is 2. The topological polar surface area (TPSA) is 54.9 Å². The number of imidazole rings is 1. The molecule has 0 bridgehead atoms. The number of fused-ring (bicyclic) bond motifs is 1. The van der Waals surface area contributed by atoms with Crippen LogP contribution in [0.4, 0.5) is 13.2 Å². The summed E-state index contributed by atoms with van der Waals surface area (Å²) in [6, 6.07) is 2.72. The first-order chi connectivity index (χ1) is 7.80. The number of carbonyl (C=O) groups is 1. The van der Waals surface area contributed by atoms with Crippen molar-refractivity contribution in [3.8, 4) is 0 Å². The number of rotatable bonds is 0. The summed E-state index contributed by atoms with van der Waals surface area (Å²) in [5.41, 5.74) is -1.50.